The van der Waals surface area contributed by atoms with Gasteiger partial charge in [-0.2, -0.15) is 5.10 Å². The van der Waals surface area contributed by atoms with E-state index in [9.17, 15) is 0 Å². The van der Waals surface area contributed by atoms with E-state index in [-0.39, 0.29) is 11.5 Å². The summed E-state index contributed by atoms with van der Waals surface area (Å²) in [7, 11) is 1.98. The number of hydrogen-bond acceptors (Lipinski definition) is 2. The summed E-state index contributed by atoms with van der Waals surface area (Å²) in [6.45, 7) is 9.62. The van der Waals surface area contributed by atoms with Crippen molar-refractivity contribution in [3.8, 4) is 0 Å². The molecule has 1 aromatic heterocycles. The van der Waals surface area contributed by atoms with Crippen LogP contribution in [-0.2, 0) is 19.0 Å². The molecule has 0 aliphatic rings. The number of rotatable bonds is 4. The van der Waals surface area contributed by atoms with Crippen LogP contribution in [0.3, 0.4) is 0 Å². The summed E-state index contributed by atoms with van der Waals surface area (Å²) < 4.78 is 3.05. The number of nitrogens with one attached hydrogen (secondary N) is 1. The lowest BCUT2D eigenvalue weighted by molar-refractivity contribution is 0.531. The minimum absolute atomic E-state index is 0.0643. The van der Waals surface area contributed by atoms with E-state index in [2.05, 4.69) is 78.4 Å². The van der Waals surface area contributed by atoms with Gasteiger partial charge >= 0.3 is 0 Å². The Morgan fingerprint density at radius 2 is 1.95 bits per heavy atom. The van der Waals surface area contributed by atoms with Crippen LogP contribution >= 0.6 is 15.9 Å². The minimum atomic E-state index is 0.0643. The molecule has 4 heteroatoms. The molecule has 0 bridgehead atoms. The molecule has 0 fully saturated rings. The number of nitrogens with zero attached hydrogens (tertiary/aromatic N) is 2. The molecular formula is C17H24BrN3. The zero-order valence-electron chi connectivity index (χ0n) is 13.4. The van der Waals surface area contributed by atoms with Gasteiger partial charge in [-0.3, -0.25) is 4.68 Å². The van der Waals surface area contributed by atoms with E-state index in [0.29, 0.717) is 0 Å². The second-order valence-corrected chi connectivity index (χ2v) is 7.41. The lowest BCUT2D eigenvalue weighted by atomic mass is 9.89. The zero-order valence-corrected chi connectivity index (χ0v) is 15.0. The molecule has 1 heterocycles. The van der Waals surface area contributed by atoms with Gasteiger partial charge in [0.1, 0.15) is 0 Å². The van der Waals surface area contributed by atoms with E-state index in [0.717, 1.165) is 16.7 Å². The first-order chi connectivity index (χ1) is 9.79. The summed E-state index contributed by atoms with van der Waals surface area (Å²) in [6.07, 6.45) is 2.11. The van der Waals surface area contributed by atoms with E-state index in [1.54, 1.807) is 0 Å². The second-order valence-electron chi connectivity index (χ2n) is 6.55. The standard InChI is InChI=1S/C17H24BrN3/c1-12(14-8-6-7-9-15(14)18)19-10-13-11-21(5)20-16(13)17(2,3)4/h6-9,11-12,19H,10H2,1-5H3/t12-/m0/s1. The minimum Gasteiger partial charge on any atom is -0.306 e. The van der Waals surface area contributed by atoms with Crippen LogP contribution in [0.2, 0.25) is 0 Å². The van der Waals surface area contributed by atoms with Crippen LogP contribution in [-0.4, -0.2) is 9.78 Å². The Morgan fingerprint density at radius 1 is 1.29 bits per heavy atom. The molecule has 2 rings (SSSR count). The van der Waals surface area contributed by atoms with Crippen LogP contribution in [0.25, 0.3) is 0 Å². The molecule has 1 aromatic carbocycles. The summed E-state index contributed by atoms with van der Waals surface area (Å²) >= 11 is 3.62. The van der Waals surface area contributed by atoms with Crippen LogP contribution in [0.1, 0.15) is 50.6 Å². The van der Waals surface area contributed by atoms with Crippen molar-refractivity contribution in [3.05, 3.63) is 51.8 Å². The average Bonchev–Trinajstić information content (AvgIpc) is 2.78. The summed E-state index contributed by atoms with van der Waals surface area (Å²) in [4.78, 5) is 0. The molecule has 0 amide bonds. The first kappa shape index (κ1) is 16.2. The number of hydrogen-bond donors (Lipinski definition) is 1. The predicted molar refractivity (Wildman–Crippen MR) is 91.3 cm³/mol. The molecule has 0 saturated heterocycles. The molecule has 114 valence electrons. The average molecular weight is 350 g/mol. The fraction of sp³-hybridized carbons (Fsp3) is 0.471. The van der Waals surface area contributed by atoms with Gasteiger partial charge in [0.2, 0.25) is 0 Å². The summed E-state index contributed by atoms with van der Waals surface area (Å²) in [6, 6.07) is 8.63. The molecule has 0 aliphatic carbocycles. The van der Waals surface area contributed by atoms with Crippen LogP contribution in [0, 0.1) is 0 Å². The first-order valence-corrected chi connectivity index (χ1v) is 8.09. The Kier molecular flexibility index (Phi) is 4.89. The Morgan fingerprint density at radius 3 is 2.57 bits per heavy atom. The lowest BCUT2D eigenvalue weighted by Gasteiger charge is -2.20. The summed E-state index contributed by atoms with van der Waals surface area (Å²) in [5.41, 5.74) is 3.77. The maximum absolute atomic E-state index is 4.62. The number of benzene rings is 1. The van der Waals surface area contributed by atoms with Gasteiger partial charge in [0.15, 0.2) is 0 Å². The van der Waals surface area contributed by atoms with Crippen molar-refractivity contribution in [2.24, 2.45) is 7.05 Å². The maximum Gasteiger partial charge on any atom is 0.0722 e. The fourth-order valence-corrected chi connectivity index (χ4v) is 3.13. The topological polar surface area (TPSA) is 29.9 Å². The van der Waals surface area contributed by atoms with E-state index in [4.69, 9.17) is 0 Å². The third kappa shape index (κ3) is 3.95. The zero-order chi connectivity index (χ0) is 15.6. The van der Waals surface area contributed by atoms with Gasteiger partial charge in [-0.15, -0.1) is 0 Å². The van der Waals surface area contributed by atoms with Crippen LogP contribution in [0.5, 0.6) is 0 Å². The van der Waals surface area contributed by atoms with E-state index >= 15 is 0 Å². The molecule has 3 nitrogen and oxygen atoms in total. The van der Waals surface area contributed by atoms with Gasteiger partial charge in [-0.05, 0) is 18.6 Å². The summed E-state index contributed by atoms with van der Waals surface area (Å²) in [5, 5.41) is 8.22. The van der Waals surface area contributed by atoms with Gasteiger partial charge in [-0.25, -0.2) is 0 Å². The van der Waals surface area contributed by atoms with Crippen molar-refractivity contribution in [2.45, 2.75) is 45.7 Å². The molecule has 1 atom stereocenters. The number of aryl methyl sites for hydroxylation is 1. The van der Waals surface area contributed by atoms with Gasteiger partial charge in [0.05, 0.1) is 5.69 Å². The Bertz CT molecular complexity index is 611. The lowest BCUT2D eigenvalue weighted by Crippen LogP contribution is -2.21. The Hall–Kier alpha value is -1.13. The summed E-state index contributed by atoms with van der Waals surface area (Å²) in [5.74, 6) is 0. The molecule has 0 radical (unpaired) electrons. The normalized spacial score (nSPS) is 13.4. The van der Waals surface area contributed by atoms with Crippen molar-refractivity contribution in [2.75, 3.05) is 0 Å². The molecule has 21 heavy (non-hydrogen) atoms. The highest BCUT2D eigenvalue weighted by Gasteiger charge is 2.22. The Labute approximate surface area is 135 Å². The van der Waals surface area contributed by atoms with Crippen LogP contribution in [0.4, 0.5) is 0 Å². The van der Waals surface area contributed by atoms with E-state index in [1.165, 1.54) is 11.1 Å². The highest BCUT2D eigenvalue weighted by Crippen LogP contribution is 2.26. The maximum atomic E-state index is 4.62. The molecule has 2 aromatic rings. The van der Waals surface area contributed by atoms with E-state index < -0.39 is 0 Å². The molecule has 0 aliphatic heterocycles. The predicted octanol–water partition coefficient (Wildman–Crippen LogP) is 4.33. The van der Waals surface area contributed by atoms with Crippen molar-refractivity contribution in [3.63, 3.8) is 0 Å². The third-order valence-electron chi connectivity index (χ3n) is 3.59. The number of aromatic nitrogens is 2. The smallest absolute Gasteiger partial charge is 0.0722 e. The van der Waals surface area contributed by atoms with Gasteiger partial charge in [0.25, 0.3) is 0 Å². The molecule has 0 saturated carbocycles. The molecule has 1 N–H and O–H groups in total. The second kappa shape index (κ2) is 6.32. The van der Waals surface area contributed by atoms with Gasteiger partial charge in [-0.1, -0.05) is 54.9 Å². The SMILES string of the molecule is C[C@H](NCc1cn(C)nc1C(C)(C)C)c1ccccc1Br. The number of halogens is 1. The van der Waals surface area contributed by atoms with Crippen LogP contribution in [0.15, 0.2) is 34.9 Å². The highest BCUT2D eigenvalue weighted by molar-refractivity contribution is 9.10. The highest BCUT2D eigenvalue weighted by atomic mass is 79.9. The van der Waals surface area contributed by atoms with Crippen molar-refractivity contribution >= 4 is 15.9 Å². The van der Waals surface area contributed by atoms with Crippen molar-refractivity contribution in [1.82, 2.24) is 15.1 Å². The van der Waals surface area contributed by atoms with Crippen LogP contribution < -0.4 is 5.32 Å². The fourth-order valence-electron chi connectivity index (χ4n) is 2.50. The molecule has 0 unspecified atom stereocenters. The monoisotopic (exact) mass is 349 g/mol. The first-order valence-electron chi connectivity index (χ1n) is 7.30. The van der Waals surface area contributed by atoms with Gasteiger partial charge < -0.3 is 5.32 Å². The molecular weight excluding hydrogens is 326 g/mol. The van der Waals surface area contributed by atoms with E-state index in [1.807, 2.05) is 17.8 Å². The largest absolute Gasteiger partial charge is 0.306 e. The van der Waals surface area contributed by atoms with Gasteiger partial charge in [0, 0.05) is 41.3 Å². The van der Waals surface area contributed by atoms with Crippen molar-refractivity contribution < 1.29 is 0 Å². The van der Waals surface area contributed by atoms with Crippen molar-refractivity contribution in [1.29, 1.82) is 0 Å². The quantitative estimate of drug-likeness (QED) is 0.889. The molecule has 0 spiro atoms. The third-order valence-corrected chi connectivity index (χ3v) is 4.31. The Balaban J connectivity index is 2.12.